The van der Waals surface area contributed by atoms with E-state index < -0.39 is 10.9 Å². The second kappa shape index (κ2) is 8.01. The Bertz CT molecular complexity index is 542. The largest absolute Gasteiger partial charge is 0.478 e. The van der Waals surface area contributed by atoms with Crippen molar-refractivity contribution in [3.8, 4) is 0 Å². The number of aliphatic carboxylic acids is 1. The average molecular weight is 294 g/mol. The van der Waals surface area contributed by atoms with Crippen LogP contribution in [0.25, 0.3) is 6.08 Å². The van der Waals surface area contributed by atoms with Crippen molar-refractivity contribution in [2.75, 3.05) is 32.2 Å². The molecule has 21 heavy (non-hydrogen) atoms. The number of nitro benzene ring substituents is 1. The molecule has 0 unspecified atom stereocenters. The zero-order valence-electron chi connectivity index (χ0n) is 12.0. The fraction of sp³-hybridized carbons (Fsp3) is 0.357. The maximum Gasteiger partial charge on any atom is 0.328 e. The number of rotatable bonds is 8. The van der Waals surface area contributed by atoms with Gasteiger partial charge in [0.2, 0.25) is 0 Å². The molecular formula is C14H18N2O5. The molecule has 0 saturated heterocycles. The van der Waals surface area contributed by atoms with Gasteiger partial charge in [-0.3, -0.25) is 10.1 Å². The molecule has 0 saturated carbocycles. The normalized spacial score (nSPS) is 10.8. The Morgan fingerprint density at radius 2 is 2.24 bits per heavy atom. The second-order valence-electron chi connectivity index (χ2n) is 4.44. The first-order chi connectivity index (χ1) is 9.95. The van der Waals surface area contributed by atoms with Crippen molar-refractivity contribution >= 4 is 23.4 Å². The molecule has 1 aromatic carbocycles. The first-order valence-corrected chi connectivity index (χ1v) is 6.35. The third-order valence-corrected chi connectivity index (χ3v) is 2.88. The number of carboxylic acids is 1. The number of benzene rings is 1. The highest BCUT2D eigenvalue weighted by molar-refractivity contribution is 5.87. The molecule has 0 fully saturated rings. The van der Waals surface area contributed by atoms with E-state index in [9.17, 15) is 14.9 Å². The topological polar surface area (TPSA) is 92.9 Å². The number of nitro groups is 1. The summed E-state index contributed by atoms with van der Waals surface area (Å²) in [6.07, 6.45) is 3.12. The van der Waals surface area contributed by atoms with Crippen LogP contribution >= 0.6 is 0 Å². The quantitative estimate of drug-likeness (QED) is 0.342. The van der Waals surface area contributed by atoms with Gasteiger partial charge in [0.05, 0.1) is 4.92 Å². The molecule has 0 bridgehead atoms. The zero-order valence-corrected chi connectivity index (χ0v) is 12.0. The summed E-state index contributed by atoms with van der Waals surface area (Å²) in [6, 6.07) is 4.38. The minimum atomic E-state index is -1.10. The Hall–Kier alpha value is -2.41. The van der Waals surface area contributed by atoms with E-state index in [-0.39, 0.29) is 5.69 Å². The van der Waals surface area contributed by atoms with Gasteiger partial charge in [0.25, 0.3) is 5.69 Å². The van der Waals surface area contributed by atoms with Crippen molar-refractivity contribution in [2.24, 2.45) is 0 Å². The lowest BCUT2D eigenvalue weighted by Gasteiger charge is -2.21. The van der Waals surface area contributed by atoms with E-state index in [0.717, 1.165) is 18.2 Å². The van der Waals surface area contributed by atoms with Gasteiger partial charge in [-0.05, 0) is 18.6 Å². The van der Waals surface area contributed by atoms with Gasteiger partial charge in [-0.2, -0.15) is 0 Å². The molecule has 1 rings (SSSR count). The van der Waals surface area contributed by atoms with E-state index in [0.29, 0.717) is 18.7 Å². The summed E-state index contributed by atoms with van der Waals surface area (Å²) >= 11 is 0. The van der Waals surface area contributed by atoms with Crippen LogP contribution in [0.2, 0.25) is 0 Å². The Morgan fingerprint density at radius 1 is 1.52 bits per heavy atom. The number of non-ortho nitro benzene ring substituents is 1. The van der Waals surface area contributed by atoms with Gasteiger partial charge in [0.1, 0.15) is 0 Å². The Labute approximate surface area is 122 Å². The molecule has 0 atom stereocenters. The molecular weight excluding hydrogens is 276 g/mol. The molecule has 0 aromatic heterocycles. The van der Waals surface area contributed by atoms with Crippen molar-refractivity contribution in [1.29, 1.82) is 0 Å². The van der Waals surface area contributed by atoms with E-state index in [2.05, 4.69) is 0 Å². The molecule has 0 radical (unpaired) electrons. The molecule has 1 aromatic rings. The number of carbonyl (C=O) groups is 1. The SMILES string of the molecule is COCCCN(C)c1ccc([N+](=O)[O-])cc1C=CC(=O)O. The molecule has 0 aliphatic heterocycles. The van der Waals surface area contributed by atoms with E-state index in [1.54, 1.807) is 13.2 Å². The standard InChI is InChI=1S/C14H18N2O5/c1-15(8-3-9-21-2)13-6-5-12(16(19)20)10-11(13)4-7-14(17)18/h4-7,10H,3,8-9H2,1-2H3,(H,17,18). The van der Waals surface area contributed by atoms with Crippen molar-refractivity contribution in [3.63, 3.8) is 0 Å². The number of hydrogen-bond donors (Lipinski definition) is 1. The van der Waals surface area contributed by atoms with Crippen LogP contribution in [-0.4, -0.2) is 43.3 Å². The number of nitrogens with zero attached hydrogens (tertiary/aromatic N) is 2. The van der Waals surface area contributed by atoms with E-state index >= 15 is 0 Å². The van der Waals surface area contributed by atoms with E-state index in [1.165, 1.54) is 18.2 Å². The van der Waals surface area contributed by atoms with Crippen LogP contribution in [-0.2, 0) is 9.53 Å². The van der Waals surface area contributed by atoms with Crippen molar-refractivity contribution in [1.82, 2.24) is 0 Å². The van der Waals surface area contributed by atoms with Gasteiger partial charge < -0.3 is 14.7 Å². The zero-order chi connectivity index (χ0) is 15.8. The summed E-state index contributed by atoms with van der Waals surface area (Å²) in [5.41, 5.74) is 1.15. The third kappa shape index (κ3) is 5.23. The maximum atomic E-state index is 10.8. The summed E-state index contributed by atoms with van der Waals surface area (Å²) in [5.74, 6) is -1.10. The lowest BCUT2D eigenvalue weighted by molar-refractivity contribution is -0.384. The lowest BCUT2D eigenvalue weighted by Crippen LogP contribution is -2.20. The van der Waals surface area contributed by atoms with Gasteiger partial charge in [0, 0.05) is 56.8 Å². The van der Waals surface area contributed by atoms with Gasteiger partial charge >= 0.3 is 5.97 Å². The molecule has 0 aliphatic carbocycles. The second-order valence-corrected chi connectivity index (χ2v) is 4.44. The van der Waals surface area contributed by atoms with Crippen molar-refractivity contribution in [2.45, 2.75) is 6.42 Å². The first-order valence-electron chi connectivity index (χ1n) is 6.35. The molecule has 0 amide bonds. The maximum absolute atomic E-state index is 10.8. The van der Waals surface area contributed by atoms with Crippen LogP contribution in [0.15, 0.2) is 24.3 Å². The Kier molecular flexibility index (Phi) is 6.35. The minimum Gasteiger partial charge on any atom is -0.478 e. The lowest BCUT2D eigenvalue weighted by atomic mass is 10.1. The highest BCUT2D eigenvalue weighted by Crippen LogP contribution is 2.26. The average Bonchev–Trinajstić information content (AvgIpc) is 2.44. The molecule has 7 heteroatoms. The number of anilines is 1. The van der Waals surface area contributed by atoms with E-state index in [4.69, 9.17) is 9.84 Å². The molecule has 1 N–H and O–H groups in total. The molecule has 0 aliphatic rings. The summed E-state index contributed by atoms with van der Waals surface area (Å²) in [6.45, 7) is 1.30. The molecule has 114 valence electrons. The van der Waals surface area contributed by atoms with Crippen LogP contribution in [0.5, 0.6) is 0 Å². The highest BCUT2D eigenvalue weighted by atomic mass is 16.6. The van der Waals surface area contributed by atoms with Gasteiger partial charge in [0.15, 0.2) is 0 Å². The van der Waals surface area contributed by atoms with Gasteiger partial charge in [-0.25, -0.2) is 4.79 Å². The van der Waals surface area contributed by atoms with Crippen LogP contribution in [0.3, 0.4) is 0 Å². The number of methoxy groups -OCH3 is 1. The van der Waals surface area contributed by atoms with Crippen LogP contribution in [0.4, 0.5) is 11.4 Å². The summed E-state index contributed by atoms with van der Waals surface area (Å²) in [7, 11) is 3.46. The predicted molar refractivity (Wildman–Crippen MR) is 79.5 cm³/mol. The molecule has 7 nitrogen and oxygen atoms in total. The summed E-state index contributed by atoms with van der Waals surface area (Å²) in [5, 5.41) is 19.5. The monoisotopic (exact) mass is 294 g/mol. The predicted octanol–water partition coefficient (Wildman–Crippen LogP) is 2.17. The summed E-state index contributed by atoms with van der Waals surface area (Å²) in [4.78, 5) is 22.9. The fourth-order valence-electron chi connectivity index (χ4n) is 1.86. The van der Waals surface area contributed by atoms with Crippen molar-refractivity contribution < 1.29 is 19.6 Å². The van der Waals surface area contributed by atoms with Gasteiger partial charge in [-0.15, -0.1) is 0 Å². The first kappa shape index (κ1) is 16.6. The van der Waals surface area contributed by atoms with Crippen LogP contribution in [0.1, 0.15) is 12.0 Å². The Balaban J connectivity index is 3.05. The van der Waals surface area contributed by atoms with Crippen LogP contribution in [0, 0.1) is 10.1 Å². The van der Waals surface area contributed by atoms with Gasteiger partial charge in [-0.1, -0.05) is 0 Å². The number of hydrogen-bond acceptors (Lipinski definition) is 5. The molecule has 0 spiro atoms. The number of ether oxygens (including phenoxy) is 1. The highest BCUT2D eigenvalue weighted by Gasteiger charge is 2.12. The Morgan fingerprint density at radius 3 is 2.81 bits per heavy atom. The molecule has 0 heterocycles. The van der Waals surface area contributed by atoms with E-state index in [1.807, 2.05) is 11.9 Å². The third-order valence-electron chi connectivity index (χ3n) is 2.88. The number of carboxylic acid groups (broad SMARTS) is 1. The smallest absolute Gasteiger partial charge is 0.328 e. The van der Waals surface area contributed by atoms with Crippen LogP contribution < -0.4 is 4.90 Å². The van der Waals surface area contributed by atoms with Crippen molar-refractivity contribution in [3.05, 3.63) is 40.0 Å². The fourth-order valence-corrected chi connectivity index (χ4v) is 1.86. The summed E-state index contributed by atoms with van der Waals surface area (Å²) < 4.78 is 4.98. The minimum absolute atomic E-state index is 0.0749.